The van der Waals surface area contributed by atoms with E-state index in [0.29, 0.717) is 22.9 Å². The lowest BCUT2D eigenvalue weighted by Gasteiger charge is -2.44. The number of nitrogens with zero attached hydrogens (tertiary/aromatic N) is 2. The lowest BCUT2D eigenvalue weighted by atomic mass is 9.92. The molecular formula is C26H28ClN3O2. The molecule has 1 aliphatic carbocycles. The van der Waals surface area contributed by atoms with E-state index in [0.717, 1.165) is 36.6 Å². The normalized spacial score (nSPS) is 21.9. The van der Waals surface area contributed by atoms with Gasteiger partial charge < -0.3 is 9.88 Å². The van der Waals surface area contributed by atoms with E-state index in [1.165, 1.54) is 12.8 Å². The molecule has 0 spiro atoms. The molecule has 5 rings (SSSR count). The van der Waals surface area contributed by atoms with E-state index in [1.807, 2.05) is 54.0 Å². The minimum Gasteiger partial charge on any atom is -0.351 e. The number of anilines is 1. The number of aromatic nitrogens is 1. The highest BCUT2D eigenvalue weighted by Crippen LogP contribution is 2.36. The van der Waals surface area contributed by atoms with Gasteiger partial charge in [0.1, 0.15) is 11.2 Å². The van der Waals surface area contributed by atoms with E-state index in [4.69, 9.17) is 11.6 Å². The summed E-state index contributed by atoms with van der Waals surface area (Å²) < 4.78 is 2.00. The Morgan fingerprint density at radius 1 is 1.03 bits per heavy atom. The molecule has 1 atom stereocenters. The summed E-state index contributed by atoms with van der Waals surface area (Å²) in [4.78, 5) is 29.3. The summed E-state index contributed by atoms with van der Waals surface area (Å²) in [7, 11) is 0. The Balaban J connectivity index is 1.59. The molecule has 2 heterocycles. The number of para-hydroxylation sites is 1. The lowest BCUT2D eigenvalue weighted by molar-refractivity contribution is -0.127. The minimum absolute atomic E-state index is 0.101. The summed E-state index contributed by atoms with van der Waals surface area (Å²) in [5, 5.41) is 4.89. The van der Waals surface area contributed by atoms with Crippen LogP contribution in [0.25, 0.3) is 10.9 Å². The van der Waals surface area contributed by atoms with Crippen LogP contribution in [0.2, 0.25) is 5.02 Å². The first-order valence-electron chi connectivity index (χ1n) is 11.5. The second-order valence-electron chi connectivity index (χ2n) is 9.23. The van der Waals surface area contributed by atoms with Gasteiger partial charge >= 0.3 is 0 Å². The van der Waals surface area contributed by atoms with Crippen molar-refractivity contribution in [1.29, 1.82) is 0 Å². The van der Waals surface area contributed by atoms with Crippen LogP contribution in [0.3, 0.4) is 0 Å². The molecule has 1 aliphatic heterocycles. The maximum Gasteiger partial charge on any atom is 0.275 e. The number of rotatable bonds is 3. The van der Waals surface area contributed by atoms with Gasteiger partial charge in [0, 0.05) is 27.7 Å². The van der Waals surface area contributed by atoms with Crippen LogP contribution in [-0.2, 0) is 11.3 Å². The van der Waals surface area contributed by atoms with Crippen molar-refractivity contribution in [3.05, 3.63) is 65.3 Å². The second kappa shape index (κ2) is 8.28. The van der Waals surface area contributed by atoms with E-state index >= 15 is 0 Å². The van der Waals surface area contributed by atoms with Crippen LogP contribution < -0.4 is 10.2 Å². The molecule has 1 saturated carbocycles. The van der Waals surface area contributed by atoms with Gasteiger partial charge in [0.05, 0.1) is 6.54 Å². The zero-order valence-electron chi connectivity index (χ0n) is 18.3. The summed E-state index contributed by atoms with van der Waals surface area (Å²) in [6.07, 6.45) is 6.69. The Bertz CT molecular complexity index is 1160. The average molecular weight is 450 g/mol. The van der Waals surface area contributed by atoms with Crippen molar-refractivity contribution in [1.82, 2.24) is 9.88 Å². The Labute approximate surface area is 193 Å². The van der Waals surface area contributed by atoms with Gasteiger partial charge in [0.25, 0.3) is 5.91 Å². The van der Waals surface area contributed by atoms with E-state index in [2.05, 4.69) is 5.32 Å². The number of benzene rings is 2. The summed E-state index contributed by atoms with van der Waals surface area (Å²) in [5.74, 6) is -0.274. The van der Waals surface area contributed by atoms with Crippen molar-refractivity contribution < 1.29 is 9.59 Å². The van der Waals surface area contributed by atoms with E-state index in [1.54, 1.807) is 17.0 Å². The van der Waals surface area contributed by atoms with E-state index in [-0.39, 0.29) is 17.9 Å². The molecule has 5 nitrogen and oxygen atoms in total. The molecular weight excluding hydrogens is 422 g/mol. The van der Waals surface area contributed by atoms with Crippen molar-refractivity contribution in [2.75, 3.05) is 4.90 Å². The summed E-state index contributed by atoms with van der Waals surface area (Å²) in [6, 6.07) is 17.2. The number of carbonyl (C=O) groups excluding carboxylic acids is 2. The molecule has 1 fully saturated rings. The third kappa shape index (κ3) is 3.58. The molecule has 2 aliphatic rings. The van der Waals surface area contributed by atoms with Gasteiger partial charge in [-0.2, -0.15) is 0 Å². The van der Waals surface area contributed by atoms with Crippen LogP contribution in [-0.4, -0.2) is 28.0 Å². The van der Waals surface area contributed by atoms with Gasteiger partial charge in [-0.05, 0) is 56.2 Å². The fourth-order valence-electron chi connectivity index (χ4n) is 5.21. The van der Waals surface area contributed by atoms with Gasteiger partial charge in [-0.3, -0.25) is 14.5 Å². The number of amides is 2. The molecule has 2 amide bonds. The second-order valence-corrected chi connectivity index (χ2v) is 9.66. The molecule has 2 aromatic carbocycles. The first-order valence-corrected chi connectivity index (χ1v) is 11.8. The fraction of sp³-hybridized carbons (Fsp3) is 0.385. The molecule has 32 heavy (non-hydrogen) atoms. The van der Waals surface area contributed by atoms with Gasteiger partial charge in [-0.25, -0.2) is 0 Å². The Morgan fingerprint density at radius 2 is 1.72 bits per heavy atom. The van der Waals surface area contributed by atoms with E-state index < -0.39 is 5.54 Å². The van der Waals surface area contributed by atoms with Crippen LogP contribution in [0, 0.1) is 0 Å². The zero-order valence-corrected chi connectivity index (χ0v) is 19.1. The van der Waals surface area contributed by atoms with Crippen LogP contribution >= 0.6 is 11.6 Å². The zero-order chi connectivity index (χ0) is 22.3. The van der Waals surface area contributed by atoms with Gasteiger partial charge in [-0.15, -0.1) is 0 Å². The highest BCUT2D eigenvalue weighted by molar-refractivity contribution is 6.30. The predicted octanol–water partition coefficient (Wildman–Crippen LogP) is 5.55. The largest absolute Gasteiger partial charge is 0.351 e. The first kappa shape index (κ1) is 21.1. The number of hydrogen-bond acceptors (Lipinski definition) is 2. The van der Waals surface area contributed by atoms with Crippen molar-refractivity contribution in [3.8, 4) is 0 Å². The van der Waals surface area contributed by atoms with Crippen LogP contribution in [0.15, 0.2) is 54.6 Å². The molecule has 0 bridgehead atoms. The van der Waals surface area contributed by atoms with Gasteiger partial charge in [-0.1, -0.05) is 55.5 Å². The smallest absolute Gasteiger partial charge is 0.275 e. The van der Waals surface area contributed by atoms with Crippen LogP contribution in [0.5, 0.6) is 0 Å². The Hall–Kier alpha value is -2.79. The van der Waals surface area contributed by atoms with Gasteiger partial charge in [0.2, 0.25) is 5.91 Å². The minimum atomic E-state index is -1.06. The highest BCUT2D eigenvalue weighted by Gasteiger charge is 2.49. The molecule has 6 heteroatoms. The molecule has 3 aromatic rings. The standard InChI is InChI=1S/C26H28ClN3O2/c1-26(25(32)28-20-9-4-2-3-5-10-20)17-29-22-11-7-6-8-18(22)16-23(29)24(31)30(26)21-14-12-19(27)13-15-21/h6-8,11-16,20H,2-5,9-10,17H2,1H3,(H,28,32)/t26-/m1/s1. The topological polar surface area (TPSA) is 54.3 Å². The summed E-state index contributed by atoms with van der Waals surface area (Å²) in [5.41, 5.74) is 1.18. The van der Waals surface area contributed by atoms with Crippen molar-refractivity contribution in [2.45, 2.75) is 63.6 Å². The molecule has 1 aromatic heterocycles. The maximum atomic E-state index is 13.8. The maximum absolute atomic E-state index is 13.8. The van der Waals surface area contributed by atoms with Gasteiger partial charge in [0.15, 0.2) is 0 Å². The average Bonchev–Trinajstić information content (AvgIpc) is 2.96. The fourth-order valence-corrected chi connectivity index (χ4v) is 5.33. The molecule has 0 unspecified atom stereocenters. The molecule has 0 saturated heterocycles. The van der Waals surface area contributed by atoms with Crippen molar-refractivity contribution in [2.24, 2.45) is 0 Å². The first-order chi connectivity index (χ1) is 15.5. The Kier molecular flexibility index (Phi) is 5.46. The Morgan fingerprint density at radius 3 is 2.44 bits per heavy atom. The number of halogens is 1. The number of fused-ring (bicyclic) bond motifs is 3. The summed E-state index contributed by atoms with van der Waals surface area (Å²) >= 11 is 6.11. The lowest BCUT2D eigenvalue weighted by Crippen LogP contribution is -2.65. The molecule has 0 radical (unpaired) electrons. The van der Waals surface area contributed by atoms with Crippen LogP contribution in [0.1, 0.15) is 55.9 Å². The predicted molar refractivity (Wildman–Crippen MR) is 128 cm³/mol. The number of nitrogens with one attached hydrogen (secondary N) is 1. The molecule has 1 N–H and O–H groups in total. The quantitative estimate of drug-likeness (QED) is 0.533. The van der Waals surface area contributed by atoms with Crippen molar-refractivity contribution in [3.63, 3.8) is 0 Å². The summed E-state index contributed by atoms with van der Waals surface area (Å²) in [6.45, 7) is 2.27. The SMILES string of the molecule is C[C@]1(C(=O)NC2CCCCCC2)Cn2c(cc3ccccc32)C(=O)N1c1ccc(Cl)cc1. The van der Waals surface area contributed by atoms with Crippen molar-refractivity contribution >= 4 is 40.0 Å². The number of hydrogen-bond donors (Lipinski definition) is 1. The highest BCUT2D eigenvalue weighted by atomic mass is 35.5. The molecule has 166 valence electrons. The third-order valence-corrected chi connectivity index (χ3v) is 7.21. The van der Waals surface area contributed by atoms with Crippen LogP contribution in [0.4, 0.5) is 5.69 Å². The monoisotopic (exact) mass is 449 g/mol. The number of carbonyl (C=O) groups is 2. The van der Waals surface area contributed by atoms with E-state index in [9.17, 15) is 9.59 Å². The third-order valence-electron chi connectivity index (χ3n) is 6.96.